The molecule has 110 valence electrons. The normalized spacial score (nSPS) is 10.1. The summed E-state index contributed by atoms with van der Waals surface area (Å²) in [7, 11) is 1.40. The van der Waals surface area contributed by atoms with Crippen LogP contribution in [0.3, 0.4) is 0 Å². The zero-order valence-electron chi connectivity index (χ0n) is 11.1. The maximum atomic E-state index is 11.6. The van der Waals surface area contributed by atoms with E-state index in [1.165, 1.54) is 13.1 Å². The van der Waals surface area contributed by atoms with Gasteiger partial charge in [-0.2, -0.15) is 0 Å². The number of aromatic nitrogens is 1. The minimum absolute atomic E-state index is 0.207. The van der Waals surface area contributed by atoms with Crippen LogP contribution in [-0.2, 0) is 19.1 Å². The van der Waals surface area contributed by atoms with Crippen molar-refractivity contribution in [3.63, 3.8) is 0 Å². The van der Waals surface area contributed by atoms with Gasteiger partial charge in [0, 0.05) is 13.1 Å². The summed E-state index contributed by atoms with van der Waals surface area (Å²) in [5, 5.41) is 14.4. The van der Waals surface area contributed by atoms with Gasteiger partial charge in [0.2, 0.25) is 11.8 Å². The summed E-state index contributed by atoms with van der Waals surface area (Å²) < 4.78 is 9.40. The summed E-state index contributed by atoms with van der Waals surface area (Å²) >= 11 is 0. The van der Waals surface area contributed by atoms with Crippen molar-refractivity contribution >= 4 is 23.6 Å². The quantitative estimate of drug-likeness (QED) is 0.691. The maximum Gasteiger partial charge on any atom is 0.329 e. The van der Waals surface area contributed by atoms with Gasteiger partial charge in [-0.25, -0.2) is 4.79 Å². The van der Waals surface area contributed by atoms with E-state index in [1.54, 1.807) is 6.92 Å². The minimum Gasteiger partial charge on any atom is -0.480 e. The number of carboxylic acids is 1. The van der Waals surface area contributed by atoms with Crippen LogP contribution in [0.25, 0.3) is 0 Å². The zero-order valence-corrected chi connectivity index (χ0v) is 11.1. The first-order valence-electron chi connectivity index (χ1n) is 5.65. The van der Waals surface area contributed by atoms with Crippen LogP contribution < -0.4 is 5.32 Å². The molecule has 2 N–H and O–H groups in total. The number of carbonyl (C=O) groups is 3. The highest BCUT2D eigenvalue weighted by Crippen LogP contribution is 2.06. The topological polar surface area (TPSA) is 122 Å². The molecule has 1 rings (SSSR count). The number of aliphatic carboxylic acids is 1. The molecule has 0 bridgehead atoms. The second kappa shape index (κ2) is 7.24. The van der Waals surface area contributed by atoms with E-state index in [1.807, 2.05) is 0 Å². The number of nitrogens with one attached hydrogen (secondary N) is 1. The lowest BCUT2D eigenvalue weighted by Gasteiger charge is -2.15. The van der Waals surface area contributed by atoms with Crippen LogP contribution in [0.2, 0.25) is 0 Å². The smallest absolute Gasteiger partial charge is 0.329 e. The van der Waals surface area contributed by atoms with E-state index in [0.717, 1.165) is 4.90 Å². The average Bonchev–Trinajstić information content (AvgIpc) is 2.73. The molecule has 0 spiro atoms. The molecule has 0 aromatic carbocycles. The molecule has 0 saturated heterocycles. The van der Waals surface area contributed by atoms with Crippen molar-refractivity contribution in [2.24, 2.45) is 0 Å². The Morgan fingerprint density at radius 2 is 2.15 bits per heavy atom. The molecule has 1 aromatic heterocycles. The lowest BCUT2D eigenvalue weighted by atomic mass is 10.4. The lowest BCUT2D eigenvalue weighted by molar-refractivity contribution is -0.146. The molecule has 0 saturated carbocycles. The van der Waals surface area contributed by atoms with Gasteiger partial charge in [-0.1, -0.05) is 5.16 Å². The van der Waals surface area contributed by atoms with E-state index in [2.05, 4.69) is 15.2 Å². The highest BCUT2D eigenvalue weighted by Gasteiger charge is 2.14. The number of anilines is 1. The molecule has 9 heteroatoms. The van der Waals surface area contributed by atoms with Crippen LogP contribution in [0.1, 0.15) is 5.76 Å². The standard InChI is InChI=1S/C11H15N3O6/c1-7-3-8(13-20-7)12-9(15)4-14(2)10(16)5-19-6-11(17)18/h3H,4-6H2,1-2H3,(H,17,18)(H,12,13,15). The summed E-state index contributed by atoms with van der Waals surface area (Å²) in [5.41, 5.74) is 0. The van der Waals surface area contributed by atoms with Gasteiger partial charge in [-0.15, -0.1) is 0 Å². The maximum absolute atomic E-state index is 11.6. The molecular weight excluding hydrogens is 270 g/mol. The third kappa shape index (κ3) is 5.48. The number of likely N-dealkylation sites (N-methyl/N-ethyl adjacent to an activating group) is 1. The molecule has 0 radical (unpaired) electrons. The molecule has 20 heavy (non-hydrogen) atoms. The van der Waals surface area contributed by atoms with Crippen LogP contribution in [-0.4, -0.2) is 59.8 Å². The predicted octanol–water partition coefficient (Wildman–Crippen LogP) is -0.519. The van der Waals surface area contributed by atoms with Crippen molar-refractivity contribution in [1.29, 1.82) is 0 Å². The Labute approximate surface area is 114 Å². The largest absolute Gasteiger partial charge is 0.480 e. The number of ether oxygens (including phenoxy) is 1. The SMILES string of the molecule is Cc1cc(NC(=O)CN(C)C(=O)COCC(=O)O)no1. The first kappa shape index (κ1) is 15.6. The number of aryl methyl sites for hydroxylation is 1. The molecule has 0 fully saturated rings. The van der Waals surface area contributed by atoms with Gasteiger partial charge < -0.3 is 24.6 Å². The van der Waals surface area contributed by atoms with E-state index < -0.39 is 31.0 Å². The highest BCUT2D eigenvalue weighted by atomic mass is 16.5. The number of hydrogen-bond acceptors (Lipinski definition) is 6. The van der Waals surface area contributed by atoms with E-state index >= 15 is 0 Å². The van der Waals surface area contributed by atoms with Crippen LogP contribution in [0.5, 0.6) is 0 Å². The number of nitrogens with zero attached hydrogens (tertiary/aromatic N) is 2. The van der Waals surface area contributed by atoms with Crippen molar-refractivity contribution in [3.05, 3.63) is 11.8 Å². The zero-order chi connectivity index (χ0) is 15.1. The molecule has 0 aliphatic rings. The summed E-state index contributed by atoms with van der Waals surface area (Å²) in [4.78, 5) is 34.4. The third-order valence-corrected chi connectivity index (χ3v) is 2.15. The van der Waals surface area contributed by atoms with Gasteiger partial charge in [0.05, 0.1) is 6.54 Å². The number of hydrogen-bond donors (Lipinski definition) is 2. The van der Waals surface area contributed by atoms with Gasteiger partial charge in [0.1, 0.15) is 19.0 Å². The van der Waals surface area contributed by atoms with Crippen LogP contribution in [0.4, 0.5) is 5.82 Å². The van der Waals surface area contributed by atoms with Crippen molar-refractivity contribution < 1.29 is 28.8 Å². The van der Waals surface area contributed by atoms with Gasteiger partial charge in [0.25, 0.3) is 0 Å². The fourth-order valence-electron chi connectivity index (χ4n) is 1.25. The lowest BCUT2D eigenvalue weighted by Crippen LogP contribution is -2.37. The monoisotopic (exact) mass is 285 g/mol. The average molecular weight is 285 g/mol. The van der Waals surface area contributed by atoms with E-state index in [9.17, 15) is 14.4 Å². The molecule has 0 aliphatic carbocycles. The fraction of sp³-hybridized carbons (Fsp3) is 0.455. The Kier molecular flexibility index (Phi) is 5.66. The van der Waals surface area contributed by atoms with Crippen LogP contribution >= 0.6 is 0 Å². The van der Waals surface area contributed by atoms with Crippen molar-refractivity contribution in [1.82, 2.24) is 10.1 Å². The number of rotatable bonds is 7. The Bertz CT molecular complexity index is 498. The fourth-order valence-corrected chi connectivity index (χ4v) is 1.25. The second-order valence-corrected chi connectivity index (χ2v) is 4.01. The van der Waals surface area contributed by atoms with Crippen LogP contribution in [0, 0.1) is 6.92 Å². The van der Waals surface area contributed by atoms with Crippen molar-refractivity contribution in [2.75, 3.05) is 32.1 Å². The molecule has 0 atom stereocenters. The Morgan fingerprint density at radius 3 is 2.70 bits per heavy atom. The highest BCUT2D eigenvalue weighted by molar-refractivity contribution is 5.93. The molecule has 1 aromatic rings. The molecule has 2 amide bonds. The molecular formula is C11H15N3O6. The second-order valence-electron chi connectivity index (χ2n) is 4.01. The first-order chi connectivity index (χ1) is 9.38. The summed E-state index contributed by atoms with van der Waals surface area (Å²) in [6.07, 6.45) is 0. The van der Waals surface area contributed by atoms with Gasteiger partial charge in [-0.3, -0.25) is 9.59 Å². The molecule has 1 heterocycles. The molecule has 0 aliphatic heterocycles. The van der Waals surface area contributed by atoms with Crippen molar-refractivity contribution in [3.8, 4) is 0 Å². The summed E-state index contributed by atoms with van der Waals surface area (Å²) in [5.74, 6) is -1.31. The van der Waals surface area contributed by atoms with Gasteiger partial charge >= 0.3 is 5.97 Å². The van der Waals surface area contributed by atoms with E-state index in [0.29, 0.717) is 5.76 Å². The van der Waals surface area contributed by atoms with Crippen LogP contribution in [0.15, 0.2) is 10.6 Å². The van der Waals surface area contributed by atoms with Crippen molar-refractivity contribution in [2.45, 2.75) is 6.92 Å². The van der Waals surface area contributed by atoms with E-state index in [-0.39, 0.29) is 12.4 Å². The molecule has 0 unspecified atom stereocenters. The Hall–Kier alpha value is -2.42. The predicted molar refractivity (Wildman–Crippen MR) is 66.0 cm³/mol. The Morgan fingerprint density at radius 1 is 1.45 bits per heavy atom. The number of amides is 2. The molecule has 9 nitrogen and oxygen atoms in total. The number of carboxylic acid groups (broad SMARTS) is 1. The first-order valence-corrected chi connectivity index (χ1v) is 5.65. The summed E-state index contributed by atoms with van der Waals surface area (Å²) in [6, 6.07) is 1.54. The minimum atomic E-state index is -1.17. The Balaban J connectivity index is 2.33. The van der Waals surface area contributed by atoms with Gasteiger partial charge in [0.15, 0.2) is 5.82 Å². The number of carbonyl (C=O) groups excluding carboxylic acids is 2. The van der Waals surface area contributed by atoms with Gasteiger partial charge in [-0.05, 0) is 6.92 Å². The summed E-state index contributed by atoms with van der Waals surface area (Å²) in [6.45, 7) is 0.502. The van der Waals surface area contributed by atoms with E-state index in [4.69, 9.17) is 9.63 Å². The third-order valence-electron chi connectivity index (χ3n) is 2.15.